The zero-order valence-electron chi connectivity index (χ0n) is 14.6. The number of nitrogens with one attached hydrogen (secondary N) is 2. The Balaban J connectivity index is 2.02. The maximum atomic E-state index is 13.7. The number of hydrogen-bond acceptors (Lipinski definition) is 3. The van der Waals surface area contributed by atoms with Crippen molar-refractivity contribution in [1.82, 2.24) is 5.32 Å². The topological polar surface area (TPSA) is 58.2 Å². The number of carbonyl (C=O) groups excluding carboxylic acids is 2. The van der Waals surface area contributed by atoms with Crippen molar-refractivity contribution in [2.24, 2.45) is 0 Å². The number of halogens is 3. The van der Waals surface area contributed by atoms with Gasteiger partial charge in [0.25, 0.3) is 0 Å². The number of benzene rings is 2. The number of ketones is 1. The van der Waals surface area contributed by atoms with Crippen molar-refractivity contribution < 1.29 is 14.0 Å². The molecule has 0 radical (unpaired) electrons. The Kier molecular flexibility index (Phi) is 6.75. The fourth-order valence-electron chi connectivity index (χ4n) is 2.45. The predicted molar refractivity (Wildman–Crippen MR) is 103 cm³/mol. The van der Waals surface area contributed by atoms with E-state index in [0.717, 1.165) is 0 Å². The molecular formula is C19H19Cl2FN2O2. The molecule has 0 saturated carbocycles. The first kappa shape index (κ1) is 20.4. The highest BCUT2D eigenvalue weighted by molar-refractivity contribution is 6.35. The van der Waals surface area contributed by atoms with Gasteiger partial charge >= 0.3 is 0 Å². The molecular weight excluding hydrogens is 378 g/mol. The lowest BCUT2D eigenvalue weighted by atomic mass is 10.1. The molecule has 4 nitrogen and oxygen atoms in total. The Morgan fingerprint density at radius 3 is 2.23 bits per heavy atom. The van der Waals surface area contributed by atoms with E-state index >= 15 is 0 Å². The quantitative estimate of drug-likeness (QED) is 0.532. The molecule has 0 bridgehead atoms. The van der Waals surface area contributed by atoms with Crippen LogP contribution < -0.4 is 10.6 Å². The summed E-state index contributed by atoms with van der Waals surface area (Å²) in [5.41, 5.74) is 1.66. The third-order valence-electron chi connectivity index (χ3n) is 3.96. The highest BCUT2D eigenvalue weighted by Crippen LogP contribution is 2.28. The van der Waals surface area contributed by atoms with E-state index < -0.39 is 11.9 Å². The largest absolute Gasteiger partial charge is 0.325 e. The van der Waals surface area contributed by atoms with Crippen LogP contribution in [-0.4, -0.2) is 17.7 Å². The molecule has 0 heterocycles. The summed E-state index contributed by atoms with van der Waals surface area (Å²) in [5, 5.41) is 6.10. The van der Waals surface area contributed by atoms with Gasteiger partial charge in [0.15, 0.2) is 5.78 Å². The third kappa shape index (κ3) is 5.04. The van der Waals surface area contributed by atoms with Gasteiger partial charge in [-0.1, -0.05) is 23.2 Å². The minimum absolute atomic E-state index is 0.0428. The number of rotatable bonds is 6. The van der Waals surface area contributed by atoms with Crippen LogP contribution >= 0.6 is 23.2 Å². The van der Waals surface area contributed by atoms with Crippen LogP contribution in [0.15, 0.2) is 36.4 Å². The first-order valence-electron chi connectivity index (χ1n) is 8.01. The van der Waals surface area contributed by atoms with E-state index in [1.54, 1.807) is 38.1 Å². The molecule has 2 N–H and O–H groups in total. The summed E-state index contributed by atoms with van der Waals surface area (Å²) in [6.45, 7) is 4.95. The van der Waals surface area contributed by atoms with E-state index in [-0.39, 0.29) is 22.8 Å². The Bertz CT molecular complexity index is 825. The van der Waals surface area contributed by atoms with Crippen molar-refractivity contribution in [3.8, 4) is 0 Å². The second-order valence-electron chi connectivity index (χ2n) is 6.02. The van der Waals surface area contributed by atoms with Gasteiger partial charge in [-0.25, -0.2) is 4.39 Å². The standard InChI is InChI=1S/C19H19Cl2FN2O2/c1-10(15-8-18(22)17(21)9-16(15)20)23-11(2)19(26)24-14-6-4-13(5-7-14)12(3)25/h4-11,23H,1-3H3,(H,24,26)/t10-,11-/m1/s1. The Hall–Kier alpha value is -1.95. The van der Waals surface area contributed by atoms with E-state index in [1.807, 2.05) is 0 Å². The van der Waals surface area contributed by atoms with Crippen molar-refractivity contribution in [2.75, 3.05) is 5.32 Å². The molecule has 2 atom stereocenters. The molecule has 0 aliphatic rings. The van der Waals surface area contributed by atoms with Crippen LogP contribution in [0.2, 0.25) is 10.0 Å². The third-order valence-corrected chi connectivity index (χ3v) is 4.58. The molecule has 0 fully saturated rings. The van der Waals surface area contributed by atoms with Gasteiger partial charge in [-0.15, -0.1) is 0 Å². The first-order chi connectivity index (χ1) is 12.2. The smallest absolute Gasteiger partial charge is 0.241 e. The van der Waals surface area contributed by atoms with Crippen molar-refractivity contribution in [2.45, 2.75) is 32.9 Å². The van der Waals surface area contributed by atoms with Crippen molar-refractivity contribution in [3.05, 3.63) is 63.4 Å². The van der Waals surface area contributed by atoms with Gasteiger partial charge in [0.05, 0.1) is 11.1 Å². The molecule has 0 spiro atoms. The SMILES string of the molecule is CC(=O)c1ccc(NC(=O)[C@@H](C)N[C@H](C)c2cc(F)c(Cl)cc2Cl)cc1. The monoisotopic (exact) mass is 396 g/mol. The highest BCUT2D eigenvalue weighted by atomic mass is 35.5. The normalized spacial score (nSPS) is 13.2. The maximum absolute atomic E-state index is 13.7. The number of anilines is 1. The van der Waals surface area contributed by atoms with Crippen molar-refractivity contribution in [1.29, 1.82) is 0 Å². The summed E-state index contributed by atoms with van der Waals surface area (Å²) in [4.78, 5) is 23.6. The zero-order chi connectivity index (χ0) is 19.4. The number of carbonyl (C=O) groups is 2. The maximum Gasteiger partial charge on any atom is 0.241 e. The van der Waals surface area contributed by atoms with Crippen molar-refractivity contribution >= 4 is 40.6 Å². The molecule has 2 aromatic rings. The molecule has 138 valence electrons. The van der Waals surface area contributed by atoms with E-state index in [1.165, 1.54) is 19.1 Å². The lowest BCUT2D eigenvalue weighted by Crippen LogP contribution is -2.39. The van der Waals surface area contributed by atoms with Crippen LogP contribution in [0.1, 0.15) is 42.7 Å². The fraction of sp³-hybridized carbons (Fsp3) is 0.263. The molecule has 0 unspecified atom stereocenters. The lowest BCUT2D eigenvalue weighted by molar-refractivity contribution is -0.117. The second-order valence-corrected chi connectivity index (χ2v) is 6.84. The van der Waals surface area contributed by atoms with Gasteiger partial charge in [-0.2, -0.15) is 0 Å². The van der Waals surface area contributed by atoms with E-state index in [2.05, 4.69) is 10.6 Å². The Morgan fingerprint density at radius 2 is 1.65 bits per heavy atom. The van der Waals surface area contributed by atoms with Gasteiger partial charge in [0, 0.05) is 22.3 Å². The molecule has 7 heteroatoms. The minimum Gasteiger partial charge on any atom is -0.325 e. The minimum atomic E-state index is -0.567. The van der Waals surface area contributed by atoms with Crippen LogP contribution in [0.4, 0.5) is 10.1 Å². The van der Waals surface area contributed by atoms with E-state index in [4.69, 9.17) is 23.2 Å². The van der Waals surface area contributed by atoms with Gasteiger partial charge in [-0.3, -0.25) is 14.9 Å². The predicted octanol–water partition coefficient (Wildman–Crippen LogP) is 5.01. The Labute approximate surface area is 161 Å². The fourth-order valence-corrected chi connectivity index (χ4v) is 3.00. The van der Waals surface area contributed by atoms with E-state index in [9.17, 15) is 14.0 Å². The second kappa shape index (κ2) is 8.62. The Morgan fingerprint density at radius 1 is 1.04 bits per heavy atom. The van der Waals surface area contributed by atoms with Crippen LogP contribution in [0, 0.1) is 5.82 Å². The van der Waals surface area contributed by atoms with Crippen LogP contribution in [0.5, 0.6) is 0 Å². The molecule has 0 saturated heterocycles. The summed E-state index contributed by atoms with van der Waals surface area (Å²) in [6, 6.07) is 8.29. The summed E-state index contributed by atoms with van der Waals surface area (Å²) in [5.74, 6) is -0.876. The van der Waals surface area contributed by atoms with Gasteiger partial charge in [-0.05, 0) is 62.7 Å². The van der Waals surface area contributed by atoms with E-state index in [0.29, 0.717) is 21.8 Å². The van der Waals surface area contributed by atoms with Gasteiger partial charge in [0.2, 0.25) is 5.91 Å². The number of Topliss-reactive ketones (excluding diaryl/α,β-unsaturated/α-hetero) is 1. The summed E-state index contributed by atoms with van der Waals surface area (Å²) in [7, 11) is 0. The highest BCUT2D eigenvalue weighted by Gasteiger charge is 2.19. The molecule has 1 amide bonds. The summed E-state index contributed by atoms with van der Waals surface area (Å²) < 4.78 is 13.7. The first-order valence-corrected chi connectivity index (χ1v) is 8.77. The molecule has 2 aromatic carbocycles. The number of amides is 1. The van der Waals surface area contributed by atoms with Gasteiger partial charge in [0.1, 0.15) is 5.82 Å². The molecule has 0 aliphatic heterocycles. The summed E-state index contributed by atoms with van der Waals surface area (Å²) in [6.07, 6.45) is 0. The van der Waals surface area contributed by atoms with Crippen LogP contribution in [0.3, 0.4) is 0 Å². The van der Waals surface area contributed by atoms with Crippen LogP contribution in [0.25, 0.3) is 0 Å². The average Bonchev–Trinajstić information content (AvgIpc) is 2.58. The zero-order valence-corrected chi connectivity index (χ0v) is 16.1. The molecule has 0 aliphatic carbocycles. The summed E-state index contributed by atoms with van der Waals surface area (Å²) >= 11 is 11.8. The lowest BCUT2D eigenvalue weighted by Gasteiger charge is -2.21. The molecule has 26 heavy (non-hydrogen) atoms. The molecule has 0 aromatic heterocycles. The van der Waals surface area contributed by atoms with Gasteiger partial charge < -0.3 is 5.32 Å². The van der Waals surface area contributed by atoms with Crippen molar-refractivity contribution in [3.63, 3.8) is 0 Å². The molecule has 2 rings (SSSR count). The average molecular weight is 397 g/mol. The number of hydrogen-bond donors (Lipinski definition) is 2. The van der Waals surface area contributed by atoms with Crippen LogP contribution in [-0.2, 0) is 4.79 Å².